The van der Waals surface area contributed by atoms with E-state index in [9.17, 15) is 13.2 Å². The molecule has 0 aliphatic rings. The lowest BCUT2D eigenvalue weighted by Crippen LogP contribution is -2.16. The van der Waals surface area contributed by atoms with Gasteiger partial charge in [0.15, 0.2) is 0 Å². The summed E-state index contributed by atoms with van der Waals surface area (Å²) < 4.78 is 39.4. The van der Waals surface area contributed by atoms with Crippen LogP contribution in [0.3, 0.4) is 0 Å². The standard InChI is InChI=1S/C10H7F3N2O/c11-10(12,13)16-8-3-1-7(2-4-8)9-5-14-6-15-9/h1-6H,(H,14,15). The predicted molar refractivity (Wildman–Crippen MR) is 50.7 cm³/mol. The minimum atomic E-state index is -4.66. The molecule has 1 N–H and O–H groups in total. The third-order valence-electron chi connectivity index (χ3n) is 1.90. The lowest BCUT2D eigenvalue weighted by Gasteiger charge is -2.08. The average Bonchev–Trinajstić information content (AvgIpc) is 2.69. The number of alkyl halides is 3. The Bertz CT molecular complexity index is 448. The highest BCUT2D eigenvalue weighted by atomic mass is 19.4. The van der Waals surface area contributed by atoms with E-state index in [4.69, 9.17) is 0 Å². The van der Waals surface area contributed by atoms with E-state index in [1.54, 1.807) is 6.20 Å². The third-order valence-corrected chi connectivity index (χ3v) is 1.90. The molecule has 1 heterocycles. The molecule has 0 amide bonds. The average molecular weight is 228 g/mol. The molecule has 2 aromatic rings. The molecule has 84 valence electrons. The second kappa shape index (κ2) is 3.88. The summed E-state index contributed by atoms with van der Waals surface area (Å²) in [6, 6.07) is 5.55. The van der Waals surface area contributed by atoms with Crippen molar-refractivity contribution in [3.63, 3.8) is 0 Å². The fourth-order valence-electron chi connectivity index (χ4n) is 1.25. The molecule has 3 nitrogen and oxygen atoms in total. The Balaban J connectivity index is 2.17. The number of aromatic nitrogens is 2. The normalized spacial score (nSPS) is 11.4. The predicted octanol–water partition coefficient (Wildman–Crippen LogP) is 2.98. The molecule has 1 aromatic heterocycles. The molecule has 0 bridgehead atoms. The summed E-state index contributed by atoms with van der Waals surface area (Å²) in [7, 11) is 0. The van der Waals surface area contributed by atoms with Crippen LogP contribution in [0, 0.1) is 0 Å². The largest absolute Gasteiger partial charge is 0.573 e. The zero-order valence-electron chi connectivity index (χ0n) is 7.95. The van der Waals surface area contributed by atoms with Crippen LogP contribution >= 0.6 is 0 Å². The van der Waals surface area contributed by atoms with Gasteiger partial charge in [-0.25, -0.2) is 4.98 Å². The molecule has 0 spiro atoms. The number of imidazole rings is 1. The van der Waals surface area contributed by atoms with Gasteiger partial charge in [0.05, 0.1) is 18.2 Å². The number of H-pyrrole nitrogens is 1. The number of nitrogens with zero attached hydrogens (tertiary/aromatic N) is 1. The van der Waals surface area contributed by atoms with E-state index in [1.807, 2.05) is 0 Å². The summed E-state index contributed by atoms with van der Waals surface area (Å²) in [6.45, 7) is 0. The Morgan fingerprint density at radius 1 is 1.12 bits per heavy atom. The van der Waals surface area contributed by atoms with Crippen LogP contribution in [0.25, 0.3) is 11.3 Å². The van der Waals surface area contributed by atoms with Gasteiger partial charge in [-0.15, -0.1) is 13.2 Å². The van der Waals surface area contributed by atoms with Gasteiger partial charge < -0.3 is 9.72 Å². The second-order valence-electron chi connectivity index (χ2n) is 3.04. The summed E-state index contributed by atoms with van der Waals surface area (Å²) in [5, 5.41) is 0. The number of aromatic amines is 1. The van der Waals surface area contributed by atoms with Crippen molar-refractivity contribution in [1.29, 1.82) is 0 Å². The van der Waals surface area contributed by atoms with Crippen molar-refractivity contribution in [2.45, 2.75) is 6.36 Å². The number of rotatable bonds is 2. The SMILES string of the molecule is FC(F)(F)Oc1ccc(-c2cnc[nH]2)cc1. The minimum absolute atomic E-state index is 0.240. The highest BCUT2D eigenvalue weighted by Gasteiger charge is 2.30. The van der Waals surface area contributed by atoms with Gasteiger partial charge in [-0.2, -0.15) is 0 Å². The number of hydrogen-bond donors (Lipinski definition) is 1. The maximum absolute atomic E-state index is 11.9. The van der Waals surface area contributed by atoms with Crippen molar-refractivity contribution >= 4 is 0 Å². The molecular weight excluding hydrogens is 221 g/mol. The van der Waals surface area contributed by atoms with Gasteiger partial charge >= 0.3 is 6.36 Å². The van der Waals surface area contributed by atoms with Crippen molar-refractivity contribution in [3.8, 4) is 17.0 Å². The molecule has 0 unspecified atom stereocenters. The third kappa shape index (κ3) is 2.53. The van der Waals surface area contributed by atoms with Gasteiger partial charge in [0, 0.05) is 0 Å². The smallest absolute Gasteiger partial charge is 0.406 e. The maximum atomic E-state index is 11.9. The van der Waals surface area contributed by atoms with Gasteiger partial charge in [0.1, 0.15) is 5.75 Å². The van der Waals surface area contributed by atoms with Crippen LogP contribution in [0.15, 0.2) is 36.8 Å². The Labute approximate surface area is 88.9 Å². The first-order valence-electron chi connectivity index (χ1n) is 4.39. The van der Waals surface area contributed by atoms with Crippen molar-refractivity contribution in [1.82, 2.24) is 9.97 Å². The lowest BCUT2D eigenvalue weighted by atomic mass is 10.2. The first-order valence-corrected chi connectivity index (χ1v) is 4.39. The van der Waals surface area contributed by atoms with E-state index in [-0.39, 0.29) is 5.75 Å². The molecule has 0 saturated heterocycles. The molecule has 2 rings (SSSR count). The molecule has 1 aromatic carbocycles. The molecule has 0 fully saturated rings. The van der Waals surface area contributed by atoms with E-state index in [1.165, 1.54) is 30.6 Å². The fourth-order valence-corrected chi connectivity index (χ4v) is 1.25. The van der Waals surface area contributed by atoms with Crippen LogP contribution in [-0.4, -0.2) is 16.3 Å². The Morgan fingerprint density at radius 3 is 2.31 bits per heavy atom. The van der Waals surface area contributed by atoms with E-state index in [0.29, 0.717) is 0 Å². The summed E-state index contributed by atoms with van der Waals surface area (Å²) in [5.41, 5.74) is 1.48. The molecule has 0 aliphatic heterocycles. The van der Waals surface area contributed by atoms with Crippen molar-refractivity contribution in [3.05, 3.63) is 36.8 Å². The fraction of sp³-hybridized carbons (Fsp3) is 0.100. The molecule has 0 radical (unpaired) electrons. The maximum Gasteiger partial charge on any atom is 0.573 e. The number of nitrogens with one attached hydrogen (secondary N) is 1. The quantitative estimate of drug-likeness (QED) is 0.857. The Kier molecular flexibility index (Phi) is 2.55. The molecule has 0 saturated carbocycles. The van der Waals surface area contributed by atoms with E-state index >= 15 is 0 Å². The van der Waals surface area contributed by atoms with E-state index in [2.05, 4.69) is 14.7 Å². The summed E-state index contributed by atoms with van der Waals surface area (Å²) in [5.74, 6) is -0.240. The first-order chi connectivity index (χ1) is 7.54. The summed E-state index contributed by atoms with van der Waals surface area (Å²) in [6.07, 6.45) is -1.58. The molecule has 16 heavy (non-hydrogen) atoms. The van der Waals surface area contributed by atoms with E-state index < -0.39 is 6.36 Å². The lowest BCUT2D eigenvalue weighted by molar-refractivity contribution is -0.274. The molecule has 0 aliphatic carbocycles. The Morgan fingerprint density at radius 2 is 1.81 bits per heavy atom. The number of halogens is 3. The van der Waals surface area contributed by atoms with Crippen molar-refractivity contribution < 1.29 is 17.9 Å². The number of benzene rings is 1. The van der Waals surface area contributed by atoms with Crippen LogP contribution in [0.2, 0.25) is 0 Å². The molecule has 6 heteroatoms. The number of hydrogen-bond acceptors (Lipinski definition) is 2. The van der Waals surface area contributed by atoms with Crippen LogP contribution in [-0.2, 0) is 0 Å². The van der Waals surface area contributed by atoms with Gasteiger partial charge in [0.25, 0.3) is 0 Å². The summed E-state index contributed by atoms with van der Waals surface area (Å²) >= 11 is 0. The highest BCUT2D eigenvalue weighted by Crippen LogP contribution is 2.25. The Hall–Kier alpha value is -1.98. The minimum Gasteiger partial charge on any atom is -0.406 e. The van der Waals surface area contributed by atoms with Gasteiger partial charge in [-0.05, 0) is 29.8 Å². The van der Waals surface area contributed by atoms with Crippen LogP contribution in [0.1, 0.15) is 0 Å². The number of ether oxygens (including phenoxy) is 1. The summed E-state index contributed by atoms with van der Waals surface area (Å²) in [4.78, 5) is 6.66. The second-order valence-corrected chi connectivity index (χ2v) is 3.04. The van der Waals surface area contributed by atoms with Crippen molar-refractivity contribution in [2.75, 3.05) is 0 Å². The topological polar surface area (TPSA) is 37.9 Å². The zero-order chi connectivity index (χ0) is 11.6. The van der Waals surface area contributed by atoms with Crippen LogP contribution < -0.4 is 4.74 Å². The molecule has 0 atom stereocenters. The van der Waals surface area contributed by atoms with E-state index in [0.717, 1.165) is 11.3 Å². The van der Waals surface area contributed by atoms with Gasteiger partial charge in [-0.1, -0.05) is 0 Å². The van der Waals surface area contributed by atoms with Gasteiger partial charge in [-0.3, -0.25) is 0 Å². The van der Waals surface area contributed by atoms with Gasteiger partial charge in [0.2, 0.25) is 0 Å². The molecular formula is C10H7F3N2O. The van der Waals surface area contributed by atoms with Crippen molar-refractivity contribution in [2.24, 2.45) is 0 Å². The first kappa shape index (κ1) is 10.5. The zero-order valence-corrected chi connectivity index (χ0v) is 7.95. The highest BCUT2D eigenvalue weighted by molar-refractivity contribution is 5.58. The van der Waals surface area contributed by atoms with Crippen LogP contribution in [0.4, 0.5) is 13.2 Å². The van der Waals surface area contributed by atoms with Crippen LogP contribution in [0.5, 0.6) is 5.75 Å². The monoisotopic (exact) mass is 228 g/mol.